The number of amides is 2. The van der Waals surface area contributed by atoms with Crippen molar-refractivity contribution in [1.82, 2.24) is 10.2 Å². The number of carbonyl (C=O) groups excluding carboxylic acids is 1. The van der Waals surface area contributed by atoms with Crippen LogP contribution in [0.5, 0.6) is 0 Å². The van der Waals surface area contributed by atoms with Gasteiger partial charge >= 0.3 is 12.0 Å². The Hall–Kier alpha value is -1.26. The first-order valence-corrected chi connectivity index (χ1v) is 7.78. The molecule has 5 heteroatoms. The van der Waals surface area contributed by atoms with Crippen molar-refractivity contribution in [3.05, 3.63) is 0 Å². The summed E-state index contributed by atoms with van der Waals surface area (Å²) in [5, 5.41) is 12.4. The second-order valence-electron chi connectivity index (χ2n) is 7.67. The predicted molar refractivity (Wildman–Crippen MR) is 83.2 cm³/mol. The molecule has 1 aliphatic carbocycles. The molecule has 21 heavy (non-hydrogen) atoms. The van der Waals surface area contributed by atoms with E-state index in [1.807, 2.05) is 13.8 Å². The van der Waals surface area contributed by atoms with E-state index in [4.69, 9.17) is 0 Å². The van der Waals surface area contributed by atoms with Gasteiger partial charge in [-0.2, -0.15) is 0 Å². The summed E-state index contributed by atoms with van der Waals surface area (Å²) in [7, 11) is 1.73. The van der Waals surface area contributed by atoms with Crippen LogP contribution in [0.4, 0.5) is 4.79 Å². The smallest absolute Gasteiger partial charge is 0.329 e. The topological polar surface area (TPSA) is 69.6 Å². The fourth-order valence-corrected chi connectivity index (χ4v) is 2.96. The van der Waals surface area contributed by atoms with E-state index in [1.165, 1.54) is 0 Å². The van der Waals surface area contributed by atoms with E-state index >= 15 is 0 Å². The molecule has 0 saturated heterocycles. The summed E-state index contributed by atoms with van der Waals surface area (Å²) in [6, 6.07) is -0.279. The van der Waals surface area contributed by atoms with E-state index in [0.717, 1.165) is 12.8 Å². The maximum atomic E-state index is 12.5. The van der Waals surface area contributed by atoms with Crippen LogP contribution in [0.3, 0.4) is 0 Å². The molecule has 5 nitrogen and oxygen atoms in total. The zero-order chi connectivity index (χ0) is 16.4. The summed E-state index contributed by atoms with van der Waals surface area (Å²) in [6.45, 7) is 10.2. The largest absolute Gasteiger partial charge is 0.480 e. The molecule has 2 N–H and O–H groups in total. The quantitative estimate of drug-likeness (QED) is 0.841. The van der Waals surface area contributed by atoms with Crippen molar-refractivity contribution in [2.45, 2.75) is 71.9 Å². The second kappa shape index (κ2) is 6.24. The van der Waals surface area contributed by atoms with Gasteiger partial charge in [0, 0.05) is 13.1 Å². The van der Waals surface area contributed by atoms with Crippen molar-refractivity contribution in [3.8, 4) is 0 Å². The molecule has 1 aliphatic rings. The third-order valence-electron chi connectivity index (χ3n) is 4.91. The van der Waals surface area contributed by atoms with Gasteiger partial charge in [-0.15, -0.1) is 0 Å². The number of nitrogens with one attached hydrogen (secondary N) is 1. The molecule has 1 fully saturated rings. The van der Waals surface area contributed by atoms with Gasteiger partial charge in [0.25, 0.3) is 0 Å². The minimum Gasteiger partial charge on any atom is -0.480 e. The lowest BCUT2D eigenvalue weighted by Crippen LogP contribution is -2.60. The Labute approximate surface area is 128 Å². The average molecular weight is 298 g/mol. The van der Waals surface area contributed by atoms with Crippen LogP contribution in [0.2, 0.25) is 0 Å². The predicted octanol–water partition coefficient (Wildman–Crippen LogP) is 3.10. The summed E-state index contributed by atoms with van der Waals surface area (Å²) in [6.07, 6.45) is 2.88. The van der Waals surface area contributed by atoms with Crippen LogP contribution in [-0.2, 0) is 4.79 Å². The molecule has 0 aromatic carbocycles. The van der Waals surface area contributed by atoms with E-state index in [1.54, 1.807) is 11.9 Å². The molecule has 1 saturated carbocycles. The van der Waals surface area contributed by atoms with Crippen molar-refractivity contribution < 1.29 is 14.7 Å². The van der Waals surface area contributed by atoms with Crippen LogP contribution in [-0.4, -0.2) is 40.6 Å². The fraction of sp³-hybridized carbons (Fsp3) is 0.875. The first kappa shape index (κ1) is 17.8. The number of urea groups is 1. The van der Waals surface area contributed by atoms with Gasteiger partial charge < -0.3 is 15.3 Å². The van der Waals surface area contributed by atoms with Gasteiger partial charge in [-0.05, 0) is 31.1 Å². The van der Waals surface area contributed by atoms with Gasteiger partial charge in [0.05, 0.1) is 0 Å². The highest BCUT2D eigenvalue weighted by atomic mass is 16.4. The molecule has 0 radical (unpaired) electrons. The van der Waals surface area contributed by atoms with Gasteiger partial charge in [0.15, 0.2) is 0 Å². The van der Waals surface area contributed by atoms with E-state index in [-0.39, 0.29) is 17.5 Å². The van der Waals surface area contributed by atoms with Crippen LogP contribution < -0.4 is 5.32 Å². The summed E-state index contributed by atoms with van der Waals surface area (Å²) in [5.74, 6) is -0.597. The molecule has 0 aliphatic heterocycles. The summed E-state index contributed by atoms with van der Waals surface area (Å²) in [5.41, 5.74) is -1.16. The number of hydrogen-bond acceptors (Lipinski definition) is 2. The van der Waals surface area contributed by atoms with E-state index in [0.29, 0.717) is 18.8 Å². The van der Waals surface area contributed by atoms with Gasteiger partial charge in [-0.1, -0.05) is 40.5 Å². The van der Waals surface area contributed by atoms with Crippen molar-refractivity contribution in [3.63, 3.8) is 0 Å². The average Bonchev–Trinajstić information content (AvgIpc) is 2.35. The third-order valence-corrected chi connectivity index (χ3v) is 4.91. The number of hydrogen-bond donors (Lipinski definition) is 2. The maximum absolute atomic E-state index is 12.5. The molecule has 0 heterocycles. The highest BCUT2D eigenvalue weighted by molar-refractivity contribution is 5.86. The number of nitrogens with zero attached hydrogens (tertiary/aromatic N) is 1. The standard InChI is InChI=1S/C16H30N2O3/c1-11-8-7-9-16(10-11,13(19)20)17-14(21)18(6)12(2)15(3,4)5/h11-12H,7-10H2,1-6H3,(H,17,21)(H,19,20). The van der Waals surface area contributed by atoms with Crippen molar-refractivity contribution >= 4 is 12.0 Å². The van der Waals surface area contributed by atoms with Gasteiger partial charge in [-0.3, -0.25) is 0 Å². The van der Waals surface area contributed by atoms with Crippen LogP contribution in [0.25, 0.3) is 0 Å². The zero-order valence-electron chi connectivity index (χ0n) is 14.2. The molecule has 2 amide bonds. The molecule has 1 rings (SSSR count). The highest BCUT2D eigenvalue weighted by Gasteiger charge is 2.44. The van der Waals surface area contributed by atoms with E-state index in [2.05, 4.69) is 26.1 Å². The summed E-state index contributed by atoms with van der Waals surface area (Å²) in [4.78, 5) is 25.8. The van der Waals surface area contributed by atoms with E-state index < -0.39 is 11.5 Å². The van der Waals surface area contributed by atoms with Crippen molar-refractivity contribution in [1.29, 1.82) is 0 Å². The number of carboxylic acid groups (broad SMARTS) is 1. The Morgan fingerprint density at radius 3 is 2.38 bits per heavy atom. The first-order chi connectivity index (χ1) is 9.49. The Bertz CT molecular complexity index is 403. The molecule has 0 aromatic heterocycles. The van der Waals surface area contributed by atoms with E-state index in [9.17, 15) is 14.7 Å². The fourth-order valence-electron chi connectivity index (χ4n) is 2.96. The highest BCUT2D eigenvalue weighted by Crippen LogP contribution is 2.33. The monoisotopic (exact) mass is 298 g/mol. The molecule has 0 bridgehead atoms. The number of carboxylic acids is 1. The van der Waals surface area contributed by atoms with Crippen molar-refractivity contribution in [2.75, 3.05) is 7.05 Å². The Kier molecular flexibility index (Phi) is 5.29. The minimum atomic E-state index is -1.11. The molecule has 0 spiro atoms. The lowest BCUT2D eigenvalue weighted by Gasteiger charge is -2.41. The van der Waals surface area contributed by atoms with Gasteiger partial charge in [0.1, 0.15) is 5.54 Å². The Morgan fingerprint density at radius 2 is 1.95 bits per heavy atom. The molecule has 3 atom stereocenters. The van der Waals surface area contributed by atoms with Crippen LogP contribution in [0.15, 0.2) is 0 Å². The lowest BCUT2D eigenvalue weighted by molar-refractivity contribution is -0.146. The second-order valence-corrected chi connectivity index (χ2v) is 7.67. The number of aliphatic carboxylic acids is 1. The van der Waals surface area contributed by atoms with Gasteiger partial charge in [0.2, 0.25) is 0 Å². The number of carbonyl (C=O) groups is 2. The first-order valence-electron chi connectivity index (χ1n) is 7.78. The van der Waals surface area contributed by atoms with Gasteiger partial charge in [-0.25, -0.2) is 9.59 Å². The minimum absolute atomic E-state index is 0.0179. The summed E-state index contributed by atoms with van der Waals surface area (Å²) < 4.78 is 0. The molecular weight excluding hydrogens is 268 g/mol. The van der Waals surface area contributed by atoms with Crippen LogP contribution in [0, 0.1) is 11.3 Å². The number of rotatable bonds is 3. The maximum Gasteiger partial charge on any atom is 0.329 e. The Balaban J connectivity index is 2.85. The van der Waals surface area contributed by atoms with Crippen molar-refractivity contribution in [2.24, 2.45) is 11.3 Å². The normalized spacial score (nSPS) is 27.8. The SMILES string of the molecule is CC1CCCC(NC(=O)N(C)C(C)C(C)(C)C)(C(=O)O)C1. The van der Waals surface area contributed by atoms with Crippen LogP contribution in [0.1, 0.15) is 60.3 Å². The summed E-state index contributed by atoms with van der Waals surface area (Å²) >= 11 is 0. The van der Waals surface area contributed by atoms with Crippen LogP contribution >= 0.6 is 0 Å². The molecule has 3 unspecified atom stereocenters. The molecule has 0 aromatic rings. The lowest BCUT2D eigenvalue weighted by atomic mass is 9.76. The molecular formula is C16H30N2O3. The molecule has 122 valence electrons. The Morgan fingerprint density at radius 1 is 1.38 bits per heavy atom. The zero-order valence-corrected chi connectivity index (χ0v) is 14.2. The third kappa shape index (κ3) is 4.11.